The monoisotopic (exact) mass is 336 g/mol. The summed E-state index contributed by atoms with van der Waals surface area (Å²) in [6, 6.07) is 13.2. The molecule has 0 aliphatic carbocycles. The molecule has 0 heterocycles. The molecule has 1 atom stereocenters. The van der Waals surface area contributed by atoms with E-state index in [1.54, 1.807) is 19.1 Å². The Morgan fingerprint density at radius 2 is 1.95 bits per heavy atom. The number of benzene rings is 2. The van der Waals surface area contributed by atoms with Crippen molar-refractivity contribution in [3.8, 4) is 0 Å². The van der Waals surface area contributed by atoms with E-state index >= 15 is 0 Å². The highest BCUT2D eigenvalue weighted by atomic mass is 79.9. The molecule has 0 fully saturated rings. The van der Waals surface area contributed by atoms with Crippen LogP contribution in [0, 0.1) is 5.82 Å². The number of amides is 1. The van der Waals surface area contributed by atoms with Gasteiger partial charge in [0.2, 0.25) is 5.91 Å². The summed E-state index contributed by atoms with van der Waals surface area (Å²) < 4.78 is 14.2. The molecular formula is C15H14BrFN2O. The van der Waals surface area contributed by atoms with Crippen molar-refractivity contribution in [2.75, 3.05) is 5.32 Å². The van der Waals surface area contributed by atoms with Crippen LogP contribution in [0.5, 0.6) is 0 Å². The van der Waals surface area contributed by atoms with Gasteiger partial charge in [-0.2, -0.15) is 0 Å². The molecule has 0 aromatic heterocycles. The Bertz CT molecular complexity index is 647. The molecule has 0 aliphatic rings. The van der Waals surface area contributed by atoms with E-state index in [9.17, 15) is 9.18 Å². The summed E-state index contributed by atoms with van der Waals surface area (Å²) in [5, 5.41) is 3.07. The minimum atomic E-state index is -1.19. The first-order chi connectivity index (χ1) is 9.41. The molecule has 1 unspecified atom stereocenters. The molecule has 0 aliphatic heterocycles. The van der Waals surface area contributed by atoms with E-state index in [2.05, 4.69) is 21.2 Å². The highest BCUT2D eigenvalue weighted by molar-refractivity contribution is 9.10. The fourth-order valence-corrected chi connectivity index (χ4v) is 2.33. The normalized spacial score (nSPS) is 13.6. The van der Waals surface area contributed by atoms with Crippen molar-refractivity contribution < 1.29 is 9.18 Å². The summed E-state index contributed by atoms with van der Waals surface area (Å²) in [5.74, 6) is -0.992. The van der Waals surface area contributed by atoms with E-state index in [1.807, 2.05) is 24.3 Å². The van der Waals surface area contributed by atoms with Crippen molar-refractivity contribution in [2.45, 2.75) is 12.5 Å². The molecule has 2 aromatic carbocycles. The van der Waals surface area contributed by atoms with E-state index < -0.39 is 17.3 Å². The van der Waals surface area contributed by atoms with Crippen molar-refractivity contribution in [3.63, 3.8) is 0 Å². The third kappa shape index (κ3) is 2.99. The van der Waals surface area contributed by atoms with Crippen LogP contribution in [0.2, 0.25) is 0 Å². The Labute approximate surface area is 125 Å². The number of carbonyl (C=O) groups is 1. The molecule has 5 heteroatoms. The standard InChI is InChI=1S/C15H14BrFN2O/c1-15(14(18)20,10-4-2-6-12(17)8-10)19-13-7-3-5-11(16)9-13/h2-9,19H,1H3,(H2,18,20). The predicted molar refractivity (Wildman–Crippen MR) is 80.7 cm³/mol. The molecule has 0 bridgehead atoms. The van der Waals surface area contributed by atoms with Crippen LogP contribution in [0.3, 0.4) is 0 Å². The molecule has 3 N–H and O–H groups in total. The molecule has 104 valence electrons. The van der Waals surface area contributed by atoms with Crippen LogP contribution < -0.4 is 11.1 Å². The van der Waals surface area contributed by atoms with Gasteiger partial charge in [-0.25, -0.2) is 4.39 Å². The fraction of sp³-hybridized carbons (Fsp3) is 0.133. The van der Waals surface area contributed by atoms with Gasteiger partial charge in [-0.1, -0.05) is 34.1 Å². The van der Waals surface area contributed by atoms with Gasteiger partial charge in [-0.05, 0) is 42.8 Å². The first-order valence-corrected chi connectivity index (χ1v) is 6.81. The lowest BCUT2D eigenvalue weighted by atomic mass is 9.90. The van der Waals surface area contributed by atoms with Crippen LogP contribution in [0.15, 0.2) is 53.0 Å². The minimum Gasteiger partial charge on any atom is -0.368 e. The number of rotatable bonds is 4. The van der Waals surface area contributed by atoms with Gasteiger partial charge in [0.25, 0.3) is 0 Å². The highest BCUT2D eigenvalue weighted by Gasteiger charge is 2.33. The Morgan fingerprint density at radius 1 is 1.25 bits per heavy atom. The number of nitrogens with two attached hydrogens (primary N) is 1. The zero-order valence-corrected chi connectivity index (χ0v) is 12.4. The smallest absolute Gasteiger partial charge is 0.247 e. The largest absolute Gasteiger partial charge is 0.368 e. The van der Waals surface area contributed by atoms with Gasteiger partial charge >= 0.3 is 0 Å². The number of anilines is 1. The van der Waals surface area contributed by atoms with Crippen molar-refractivity contribution >= 4 is 27.5 Å². The van der Waals surface area contributed by atoms with Gasteiger partial charge in [0.05, 0.1) is 0 Å². The second-order valence-corrected chi connectivity index (χ2v) is 5.55. The molecule has 20 heavy (non-hydrogen) atoms. The molecule has 0 saturated heterocycles. The molecule has 3 nitrogen and oxygen atoms in total. The third-order valence-corrected chi connectivity index (χ3v) is 3.61. The Balaban J connectivity index is 2.42. The van der Waals surface area contributed by atoms with E-state index in [0.717, 1.165) is 4.47 Å². The number of hydrogen-bond donors (Lipinski definition) is 2. The van der Waals surface area contributed by atoms with Crippen molar-refractivity contribution in [1.82, 2.24) is 0 Å². The van der Waals surface area contributed by atoms with E-state index in [4.69, 9.17) is 5.73 Å². The topological polar surface area (TPSA) is 55.1 Å². The maximum atomic E-state index is 13.4. The number of primary amides is 1. The van der Waals surface area contributed by atoms with Gasteiger partial charge in [0.1, 0.15) is 11.4 Å². The van der Waals surface area contributed by atoms with Crippen molar-refractivity contribution in [1.29, 1.82) is 0 Å². The quantitative estimate of drug-likeness (QED) is 0.898. The molecule has 0 radical (unpaired) electrons. The molecule has 0 spiro atoms. The number of hydrogen-bond acceptors (Lipinski definition) is 2. The average molecular weight is 337 g/mol. The maximum absolute atomic E-state index is 13.4. The lowest BCUT2D eigenvalue weighted by Crippen LogP contribution is -2.45. The first-order valence-electron chi connectivity index (χ1n) is 6.01. The van der Waals surface area contributed by atoms with Gasteiger partial charge in [-0.3, -0.25) is 4.79 Å². The summed E-state index contributed by atoms with van der Waals surface area (Å²) in [6.07, 6.45) is 0. The first kappa shape index (κ1) is 14.5. The van der Waals surface area contributed by atoms with Crippen molar-refractivity contribution in [3.05, 3.63) is 64.4 Å². The second kappa shape index (κ2) is 5.63. The summed E-state index contributed by atoms with van der Waals surface area (Å²) in [7, 11) is 0. The number of halogens is 2. The SMILES string of the molecule is CC(Nc1cccc(Br)c1)(C(N)=O)c1cccc(F)c1. The van der Waals surface area contributed by atoms with Gasteiger partial charge in [0, 0.05) is 10.2 Å². The van der Waals surface area contributed by atoms with Gasteiger partial charge in [0.15, 0.2) is 0 Å². The van der Waals surface area contributed by atoms with E-state index in [0.29, 0.717) is 11.3 Å². The summed E-state index contributed by atoms with van der Waals surface area (Å²) in [5.41, 5.74) is 5.50. The Kier molecular flexibility index (Phi) is 4.09. The van der Waals surface area contributed by atoms with Crippen LogP contribution in [0.1, 0.15) is 12.5 Å². The lowest BCUT2D eigenvalue weighted by molar-refractivity contribution is -0.122. The van der Waals surface area contributed by atoms with Gasteiger partial charge in [-0.15, -0.1) is 0 Å². The van der Waals surface area contributed by atoms with Crippen LogP contribution in [-0.4, -0.2) is 5.91 Å². The lowest BCUT2D eigenvalue weighted by Gasteiger charge is -2.29. The molecule has 2 aromatic rings. The minimum absolute atomic E-state index is 0.411. The zero-order valence-electron chi connectivity index (χ0n) is 10.9. The maximum Gasteiger partial charge on any atom is 0.247 e. The van der Waals surface area contributed by atoms with Crippen LogP contribution >= 0.6 is 15.9 Å². The summed E-state index contributed by atoms with van der Waals surface area (Å²) in [6.45, 7) is 1.63. The molecule has 1 amide bonds. The van der Waals surface area contributed by atoms with Crippen LogP contribution in [0.25, 0.3) is 0 Å². The van der Waals surface area contributed by atoms with E-state index in [1.165, 1.54) is 12.1 Å². The fourth-order valence-electron chi connectivity index (χ4n) is 1.93. The highest BCUT2D eigenvalue weighted by Crippen LogP contribution is 2.27. The van der Waals surface area contributed by atoms with Crippen LogP contribution in [0.4, 0.5) is 10.1 Å². The second-order valence-electron chi connectivity index (χ2n) is 4.63. The third-order valence-electron chi connectivity index (χ3n) is 3.11. The molecular weight excluding hydrogens is 323 g/mol. The van der Waals surface area contributed by atoms with Crippen molar-refractivity contribution in [2.24, 2.45) is 5.73 Å². The Morgan fingerprint density at radius 3 is 2.55 bits per heavy atom. The van der Waals surface area contributed by atoms with Gasteiger partial charge < -0.3 is 11.1 Å². The molecule has 2 rings (SSSR count). The van der Waals surface area contributed by atoms with Crippen LogP contribution in [-0.2, 0) is 10.3 Å². The molecule has 0 saturated carbocycles. The zero-order chi connectivity index (χ0) is 14.8. The number of carbonyl (C=O) groups excluding carboxylic acids is 1. The summed E-state index contributed by atoms with van der Waals surface area (Å²) >= 11 is 3.36. The Hall–Kier alpha value is -1.88. The predicted octanol–water partition coefficient (Wildman–Crippen LogP) is 3.40. The van der Waals surface area contributed by atoms with E-state index in [-0.39, 0.29) is 0 Å². The average Bonchev–Trinajstić information content (AvgIpc) is 2.38. The number of nitrogens with one attached hydrogen (secondary N) is 1. The summed E-state index contributed by atoms with van der Waals surface area (Å²) in [4.78, 5) is 11.8.